The summed E-state index contributed by atoms with van der Waals surface area (Å²) >= 11 is 0. The van der Waals surface area contributed by atoms with E-state index in [1.807, 2.05) is 73.7 Å². The number of carbonyl (C=O) groups is 2. The molecule has 2 atom stereocenters. The third kappa shape index (κ3) is 4.13. The third-order valence-corrected chi connectivity index (χ3v) is 7.10. The predicted molar refractivity (Wildman–Crippen MR) is 141 cm³/mol. The molecule has 0 saturated heterocycles. The highest BCUT2D eigenvalue weighted by Gasteiger charge is 2.40. The number of Topliss-reactive ketones (excluding diaryl/α,β-unsaturated/α-hetero) is 1. The number of rotatable bonds is 4. The molecule has 5 rings (SSSR count). The van der Waals surface area contributed by atoms with Crippen molar-refractivity contribution >= 4 is 23.1 Å². The Morgan fingerprint density at radius 1 is 0.917 bits per heavy atom. The molecule has 0 fully saturated rings. The van der Waals surface area contributed by atoms with E-state index >= 15 is 0 Å². The quantitative estimate of drug-likeness (QED) is 0.499. The Labute approximate surface area is 211 Å². The van der Waals surface area contributed by atoms with Crippen molar-refractivity contribution in [1.29, 1.82) is 0 Å². The number of benzene rings is 3. The van der Waals surface area contributed by atoms with Gasteiger partial charge in [0.1, 0.15) is 0 Å². The number of aryl methyl sites for hydroxylation is 1. The number of anilines is 2. The monoisotopic (exact) mass is 482 g/mol. The third-order valence-electron chi connectivity index (χ3n) is 7.10. The Bertz CT molecular complexity index is 1360. The van der Waals surface area contributed by atoms with Crippen LogP contribution in [-0.2, 0) is 9.59 Å². The maximum atomic E-state index is 13.9. The number of ether oxygens (including phenoxy) is 2. The first-order valence-corrected chi connectivity index (χ1v) is 12.1. The van der Waals surface area contributed by atoms with Gasteiger partial charge in [-0.2, -0.15) is 0 Å². The highest BCUT2D eigenvalue weighted by atomic mass is 16.5. The average molecular weight is 483 g/mol. The molecule has 2 aliphatic rings. The van der Waals surface area contributed by atoms with Gasteiger partial charge >= 0.3 is 0 Å². The summed E-state index contributed by atoms with van der Waals surface area (Å²) in [6.07, 6.45) is 0.986. The fourth-order valence-corrected chi connectivity index (χ4v) is 5.34. The van der Waals surface area contributed by atoms with Gasteiger partial charge in [0, 0.05) is 24.6 Å². The number of ketones is 1. The van der Waals surface area contributed by atoms with Gasteiger partial charge in [0.25, 0.3) is 0 Å². The molecular weight excluding hydrogens is 452 g/mol. The largest absolute Gasteiger partial charge is 0.493 e. The molecule has 1 amide bonds. The summed E-state index contributed by atoms with van der Waals surface area (Å²) in [5.74, 6) is 1.19. The van der Waals surface area contributed by atoms with Crippen molar-refractivity contribution in [3.8, 4) is 11.5 Å². The molecule has 0 bridgehead atoms. The number of allylic oxidation sites excluding steroid dienone is 1. The molecule has 0 aromatic heterocycles. The Morgan fingerprint density at radius 3 is 2.31 bits per heavy atom. The van der Waals surface area contributed by atoms with Gasteiger partial charge in [-0.3, -0.25) is 14.5 Å². The van der Waals surface area contributed by atoms with Crippen LogP contribution < -0.4 is 19.7 Å². The summed E-state index contributed by atoms with van der Waals surface area (Å²) in [5.41, 5.74) is 6.14. The van der Waals surface area contributed by atoms with E-state index in [1.54, 1.807) is 26.0 Å². The summed E-state index contributed by atoms with van der Waals surface area (Å²) in [7, 11) is 3.22. The smallest absolute Gasteiger partial charge is 0.224 e. The number of methoxy groups -OCH3 is 2. The van der Waals surface area contributed by atoms with E-state index in [-0.39, 0.29) is 17.6 Å². The minimum Gasteiger partial charge on any atom is -0.493 e. The molecule has 0 spiro atoms. The zero-order chi connectivity index (χ0) is 25.4. The lowest BCUT2D eigenvalue weighted by Gasteiger charge is -2.34. The van der Waals surface area contributed by atoms with Gasteiger partial charge in [0.05, 0.1) is 31.6 Å². The molecule has 1 aliphatic carbocycles. The van der Waals surface area contributed by atoms with Gasteiger partial charge in [-0.05, 0) is 54.7 Å². The van der Waals surface area contributed by atoms with E-state index < -0.39 is 6.04 Å². The van der Waals surface area contributed by atoms with Crippen LogP contribution in [0.3, 0.4) is 0 Å². The van der Waals surface area contributed by atoms with E-state index in [9.17, 15) is 9.59 Å². The zero-order valence-electron chi connectivity index (χ0n) is 21.0. The Kier molecular flexibility index (Phi) is 6.27. The highest BCUT2D eigenvalue weighted by molar-refractivity contribution is 6.06. The van der Waals surface area contributed by atoms with Crippen molar-refractivity contribution in [2.45, 2.75) is 38.6 Å². The number of carbonyl (C=O) groups excluding carboxylic acids is 2. The molecule has 3 aromatic carbocycles. The van der Waals surface area contributed by atoms with E-state index in [0.717, 1.165) is 33.8 Å². The maximum Gasteiger partial charge on any atom is 0.224 e. The standard InChI is InChI=1S/C30H30N2O4/c1-18-9-11-20(12-10-18)30-29-24(31-23-7-5-6-8-25(23)32(30)19(2)33)15-22(16-26(29)34)21-13-14-27(35-3)28(17-21)36-4/h5-14,17,22,30-31H,15-16H2,1-4H3. The molecular formula is C30H30N2O4. The number of hydrogen-bond acceptors (Lipinski definition) is 5. The number of para-hydroxylation sites is 2. The Hall–Kier alpha value is -4.06. The Morgan fingerprint density at radius 2 is 1.61 bits per heavy atom. The average Bonchev–Trinajstić information content (AvgIpc) is 3.03. The molecule has 2 unspecified atom stereocenters. The van der Waals surface area contributed by atoms with E-state index in [4.69, 9.17) is 9.47 Å². The van der Waals surface area contributed by atoms with Crippen molar-refractivity contribution in [3.63, 3.8) is 0 Å². The molecule has 6 nitrogen and oxygen atoms in total. The van der Waals surface area contributed by atoms with Crippen LogP contribution >= 0.6 is 0 Å². The summed E-state index contributed by atoms with van der Waals surface area (Å²) in [6, 6.07) is 21.1. The van der Waals surface area contributed by atoms with Crippen molar-refractivity contribution in [2.75, 3.05) is 24.4 Å². The first-order chi connectivity index (χ1) is 17.4. The van der Waals surface area contributed by atoms with Crippen LogP contribution in [-0.4, -0.2) is 25.9 Å². The molecule has 6 heteroatoms. The SMILES string of the molecule is COc1ccc(C2CC(=O)C3=C(C2)Nc2ccccc2N(C(C)=O)C3c2ccc(C)cc2)cc1OC. The molecule has 0 radical (unpaired) electrons. The second kappa shape index (κ2) is 9.53. The van der Waals surface area contributed by atoms with Crippen LogP contribution in [0.4, 0.5) is 11.4 Å². The molecule has 3 aromatic rings. The van der Waals surface area contributed by atoms with Crippen molar-refractivity contribution in [1.82, 2.24) is 0 Å². The molecule has 184 valence electrons. The summed E-state index contributed by atoms with van der Waals surface area (Å²) in [6.45, 7) is 3.59. The van der Waals surface area contributed by atoms with Gasteiger partial charge in [-0.1, -0.05) is 48.0 Å². The van der Waals surface area contributed by atoms with Gasteiger partial charge in [-0.15, -0.1) is 0 Å². The highest BCUT2D eigenvalue weighted by Crippen LogP contribution is 2.48. The van der Waals surface area contributed by atoms with Gasteiger partial charge in [0.2, 0.25) is 5.91 Å². The Balaban J connectivity index is 1.66. The van der Waals surface area contributed by atoms with Gasteiger partial charge in [-0.25, -0.2) is 0 Å². The van der Waals surface area contributed by atoms with Crippen LogP contribution in [0, 0.1) is 6.92 Å². The number of fused-ring (bicyclic) bond motifs is 1. The van der Waals surface area contributed by atoms with Crippen LogP contribution in [0.15, 0.2) is 78.0 Å². The maximum absolute atomic E-state index is 13.9. The minimum atomic E-state index is -0.506. The lowest BCUT2D eigenvalue weighted by atomic mass is 9.78. The molecule has 36 heavy (non-hydrogen) atoms. The van der Waals surface area contributed by atoms with E-state index in [2.05, 4.69) is 5.32 Å². The fourth-order valence-electron chi connectivity index (χ4n) is 5.34. The van der Waals surface area contributed by atoms with E-state index in [0.29, 0.717) is 29.9 Å². The second-order valence-electron chi connectivity index (χ2n) is 9.38. The number of nitrogens with zero attached hydrogens (tertiary/aromatic N) is 1. The van der Waals surface area contributed by atoms with Crippen LogP contribution in [0.2, 0.25) is 0 Å². The normalized spacial score (nSPS) is 19.1. The van der Waals surface area contributed by atoms with Gasteiger partial charge in [0.15, 0.2) is 17.3 Å². The van der Waals surface area contributed by atoms with Gasteiger partial charge < -0.3 is 14.8 Å². The van der Waals surface area contributed by atoms with Crippen LogP contribution in [0.5, 0.6) is 11.5 Å². The minimum absolute atomic E-state index is 0.0294. The lowest BCUT2D eigenvalue weighted by Crippen LogP contribution is -2.37. The predicted octanol–water partition coefficient (Wildman–Crippen LogP) is 5.93. The summed E-state index contributed by atoms with van der Waals surface area (Å²) in [5, 5.41) is 3.55. The second-order valence-corrected chi connectivity index (χ2v) is 9.38. The molecule has 0 saturated carbocycles. The summed E-state index contributed by atoms with van der Waals surface area (Å²) in [4.78, 5) is 28.8. The van der Waals surface area contributed by atoms with Crippen LogP contribution in [0.25, 0.3) is 0 Å². The van der Waals surface area contributed by atoms with E-state index in [1.165, 1.54) is 0 Å². The van der Waals surface area contributed by atoms with Crippen LogP contribution in [0.1, 0.15) is 48.4 Å². The lowest BCUT2D eigenvalue weighted by molar-refractivity contribution is -0.117. The van der Waals surface area contributed by atoms with Crippen molar-refractivity contribution in [2.24, 2.45) is 0 Å². The van der Waals surface area contributed by atoms with Crippen molar-refractivity contribution in [3.05, 3.63) is 94.7 Å². The molecule has 1 N–H and O–H groups in total. The number of amides is 1. The number of nitrogens with one attached hydrogen (secondary N) is 1. The first kappa shape index (κ1) is 23.7. The first-order valence-electron chi connectivity index (χ1n) is 12.1. The fraction of sp³-hybridized carbons (Fsp3) is 0.267. The number of hydrogen-bond donors (Lipinski definition) is 1. The van der Waals surface area contributed by atoms with Crippen molar-refractivity contribution < 1.29 is 19.1 Å². The molecule has 1 aliphatic heterocycles. The zero-order valence-corrected chi connectivity index (χ0v) is 21.0. The topological polar surface area (TPSA) is 67.9 Å². The molecule has 1 heterocycles. The summed E-state index contributed by atoms with van der Waals surface area (Å²) < 4.78 is 10.9.